The van der Waals surface area contributed by atoms with Gasteiger partial charge in [-0.1, -0.05) is 13.8 Å². The van der Waals surface area contributed by atoms with Gasteiger partial charge in [-0.2, -0.15) is 0 Å². The highest BCUT2D eigenvalue weighted by Gasteiger charge is 2.35. The number of rotatable bonds is 2. The molecule has 1 aliphatic rings. The van der Waals surface area contributed by atoms with Crippen LogP contribution in [0.5, 0.6) is 17.2 Å². The predicted octanol–water partition coefficient (Wildman–Crippen LogP) is 2.00. The van der Waals surface area contributed by atoms with Crippen LogP contribution in [0.25, 0.3) is 0 Å². The van der Waals surface area contributed by atoms with Gasteiger partial charge in [-0.25, -0.2) is 0 Å². The van der Waals surface area contributed by atoms with Crippen molar-refractivity contribution >= 4 is 5.78 Å². The molecule has 1 N–H and O–H groups in total. The topological polar surface area (TPSA) is 55.8 Å². The van der Waals surface area contributed by atoms with Crippen molar-refractivity contribution in [1.29, 1.82) is 0 Å². The highest BCUT2D eigenvalue weighted by atomic mass is 16.5. The maximum Gasteiger partial charge on any atom is 0.207 e. The Morgan fingerprint density at radius 1 is 1.44 bits per heavy atom. The molecule has 0 aromatic heterocycles. The third-order valence-corrected chi connectivity index (χ3v) is 2.66. The van der Waals surface area contributed by atoms with Crippen LogP contribution in [0, 0.1) is 5.92 Å². The molecule has 0 amide bonds. The SMILES string of the molecule is COc1cc2c(cc1O)OC(C(C)C)C2=O. The fraction of sp³-hybridized carbons (Fsp3) is 0.417. The first kappa shape index (κ1) is 10.8. The molecule has 0 spiro atoms. The van der Waals surface area contributed by atoms with Crippen LogP contribution in [0.15, 0.2) is 12.1 Å². The molecule has 0 saturated carbocycles. The molecule has 0 bridgehead atoms. The van der Waals surface area contributed by atoms with Gasteiger partial charge in [0.2, 0.25) is 5.78 Å². The minimum atomic E-state index is -0.457. The molecule has 1 aromatic carbocycles. The number of Topliss-reactive ketones (excluding diaryl/α,β-unsaturated/α-hetero) is 1. The number of methoxy groups -OCH3 is 1. The third kappa shape index (κ3) is 1.50. The number of phenolic OH excluding ortho intramolecular Hbond substituents is 1. The van der Waals surface area contributed by atoms with E-state index in [0.29, 0.717) is 17.1 Å². The number of ketones is 1. The molecule has 0 aliphatic carbocycles. The minimum Gasteiger partial charge on any atom is -0.504 e. The van der Waals surface area contributed by atoms with Gasteiger partial charge in [0.25, 0.3) is 0 Å². The normalized spacial score (nSPS) is 18.5. The van der Waals surface area contributed by atoms with Crippen molar-refractivity contribution in [2.24, 2.45) is 5.92 Å². The molecule has 1 aliphatic heterocycles. The highest BCUT2D eigenvalue weighted by Crippen LogP contribution is 2.39. The first-order valence-electron chi connectivity index (χ1n) is 5.16. The summed E-state index contributed by atoms with van der Waals surface area (Å²) in [6.45, 7) is 3.84. The standard InChI is InChI=1S/C12H14O4/c1-6(2)12-11(14)7-4-10(15-3)8(13)5-9(7)16-12/h4-6,12-13H,1-3H3. The number of fused-ring (bicyclic) bond motifs is 1. The largest absolute Gasteiger partial charge is 0.504 e. The summed E-state index contributed by atoms with van der Waals surface area (Å²) in [5.41, 5.74) is 0.480. The fourth-order valence-corrected chi connectivity index (χ4v) is 1.79. The van der Waals surface area contributed by atoms with E-state index in [0.717, 1.165) is 0 Å². The van der Waals surface area contributed by atoms with E-state index in [1.54, 1.807) is 0 Å². The number of carbonyl (C=O) groups is 1. The second-order valence-electron chi connectivity index (χ2n) is 4.17. The summed E-state index contributed by atoms with van der Waals surface area (Å²) in [6, 6.07) is 2.95. The van der Waals surface area contributed by atoms with E-state index in [-0.39, 0.29) is 17.5 Å². The zero-order chi connectivity index (χ0) is 11.9. The lowest BCUT2D eigenvalue weighted by Gasteiger charge is -2.12. The highest BCUT2D eigenvalue weighted by molar-refractivity contribution is 6.05. The van der Waals surface area contributed by atoms with Crippen LogP contribution in [-0.4, -0.2) is 24.1 Å². The Morgan fingerprint density at radius 2 is 2.12 bits per heavy atom. The second kappa shape index (κ2) is 3.70. The Labute approximate surface area is 93.8 Å². The van der Waals surface area contributed by atoms with Crippen molar-refractivity contribution in [3.63, 3.8) is 0 Å². The number of phenols is 1. The number of carbonyl (C=O) groups excluding carboxylic acids is 1. The molecule has 16 heavy (non-hydrogen) atoms. The van der Waals surface area contributed by atoms with E-state index in [9.17, 15) is 9.90 Å². The molecule has 0 saturated heterocycles. The van der Waals surface area contributed by atoms with Gasteiger partial charge in [0, 0.05) is 6.07 Å². The van der Waals surface area contributed by atoms with Gasteiger partial charge in [-0.3, -0.25) is 4.79 Å². The van der Waals surface area contributed by atoms with Gasteiger partial charge in [-0.15, -0.1) is 0 Å². The Kier molecular flexibility index (Phi) is 2.50. The van der Waals surface area contributed by atoms with E-state index < -0.39 is 6.10 Å². The summed E-state index contributed by atoms with van der Waals surface area (Å²) >= 11 is 0. The Bertz CT molecular complexity index is 437. The van der Waals surface area contributed by atoms with Gasteiger partial charge in [0.1, 0.15) is 5.75 Å². The van der Waals surface area contributed by atoms with Crippen molar-refractivity contribution in [2.45, 2.75) is 20.0 Å². The number of hydrogen-bond donors (Lipinski definition) is 1. The molecular weight excluding hydrogens is 208 g/mol. The smallest absolute Gasteiger partial charge is 0.207 e. The van der Waals surface area contributed by atoms with Gasteiger partial charge < -0.3 is 14.6 Å². The number of ether oxygens (including phenoxy) is 2. The Hall–Kier alpha value is -1.71. The lowest BCUT2D eigenvalue weighted by Crippen LogP contribution is -2.26. The first-order chi connectivity index (χ1) is 7.54. The molecule has 0 fully saturated rings. The van der Waals surface area contributed by atoms with Crippen molar-refractivity contribution in [3.8, 4) is 17.2 Å². The number of hydrogen-bond acceptors (Lipinski definition) is 4. The van der Waals surface area contributed by atoms with E-state index >= 15 is 0 Å². The average Bonchev–Trinajstić information content (AvgIpc) is 2.54. The molecule has 4 heteroatoms. The van der Waals surface area contributed by atoms with E-state index in [1.807, 2.05) is 13.8 Å². The third-order valence-electron chi connectivity index (χ3n) is 2.66. The molecule has 2 rings (SSSR count). The molecule has 1 atom stereocenters. The summed E-state index contributed by atoms with van der Waals surface area (Å²) in [6.07, 6.45) is -0.457. The van der Waals surface area contributed by atoms with Crippen LogP contribution < -0.4 is 9.47 Å². The van der Waals surface area contributed by atoms with Crippen molar-refractivity contribution in [1.82, 2.24) is 0 Å². The number of benzene rings is 1. The van der Waals surface area contributed by atoms with Crippen LogP contribution in [0.2, 0.25) is 0 Å². The molecule has 1 heterocycles. The number of aromatic hydroxyl groups is 1. The molecular formula is C12H14O4. The Balaban J connectivity index is 2.45. The summed E-state index contributed by atoms with van der Waals surface area (Å²) in [5, 5.41) is 9.57. The zero-order valence-electron chi connectivity index (χ0n) is 9.48. The summed E-state index contributed by atoms with van der Waals surface area (Å²) in [7, 11) is 1.45. The van der Waals surface area contributed by atoms with Gasteiger partial charge in [-0.05, 0) is 12.0 Å². The molecule has 0 radical (unpaired) electrons. The van der Waals surface area contributed by atoms with Crippen LogP contribution in [-0.2, 0) is 0 Å². The van der Waals surface area contributed by atoms with Gasteiger partial charge >= 0.3 is 0 Å². The predicted molar refractivity (Wildman–Crippen MR) is 58.2 cm³/mol. The lowest BCUT2D eigenvalue weighted by molar-refractivity contribution is 0.0790. The van der Waals surface area contributed by atoms with Gasteiger partial charge in [0.15, 0.2) is 17.6 Å². The Morgan fingerprint density at radius 3 is 2.69 bits per heavy atom. The maximum atomic E-state index is 12.0. The zero-order valence-corrected chi connectivity index (χ0v) is 9.48. The minimum absolute atomic E-state index is 0.0153. The van der Waals surface area contributed by atoms with Crippen LogP contribution >= 0.6 is 0 Å². The molecule has 1 aromatic rings. The van der Waals surface area contributed by atoms with Gasteiger partial charge in [0.05, 0.1) is 12.7 Å². The summed E-state index contributed by atoms with van der Waals surface area (Å²) < 4.78 is 10.5. The molecule has 4 nitrogen and oxygen atoms in total. The van der Waals surface area contributed by atoms with Crippen LogP contribution in [0.4, 0.5) is 0 Å². The van der Waals surface area contributed by atoms with Crippen molar-refractivity contribution in [3.05, 3.63) is 17.7 Å². The second-order valence-corrected chi connectivity index (χ2v) is 4.17. The molecule has 86 valence electrons. The maximum absolute atomic E-state index is 12.0. The van der Waals surface area contributed by atoms with E-state index in [1.165, 1.54) is 19.2 Å². The monoisotopic (exact) mass is 222 g/mol. The summed E-state index contributed by atoms with van der Waals surface area (Å²) in [5.74, 6) is 0.761. The first-order valence-corrected chi connectivity index (χ1v) is 5.16. The molecule has 1 unspecified atom stereocenters. The lowest BCUT2D eigenvalue weighted by atomic mass is 10.00. The quantitative estimate of drug-likeness (QED) is 0.831. The summed E-state index contributed by atoms with van der Waals surface area (Å²) in [4.78, 5) is 12.0. The van der Waals surface area contributed by atoms with Crippen LogP contribution in [0.3, 0.4) is 0 Å². The van der Waals surface area contributed by atoms with Crippen molar-refractivity contribution < 1.29 is 19.4 Å². The fourth-order valence-electron chi connectivity index (χ4n) is 1.79. The van der Waals surface area contributed by atoms with Crippen LogP contribution in [0.1, 0.15) is 24.2 Å². The van der Waals surface area contributed by atoms with Crippen molar-refractivity contribution in [2.75, 3.05) is 7.11 Å². The van der Waals surface area contributed by atoms with E-state index in [4.69, 9.17) is 9.47 Å². The average molecular weight is 222 g/mol. The van der Waals surface area contributed by atoms with E-state index in [2.05, 4.69) is 0 Å².